The first-order valence-corrected chi connectivity index (χ1v) is 4.13. The van der Waals surface area contributed by atoms with Gasteiger partial charge in [-0.1, -0.05) is 0 Å². The van der Waals surface area contributed by atoms with Gasteiger partial charge in [0.05, 0.1) is 0 Å². The fourth-order valence-electron chi connectivity index (χ4n) is 0.769. The highest BCUT2D eigenvalue weighted by atomic mass is 16.2. The van der Waals surface area contributed by atoms with Crippen LogP contribution in [0.4, 0.5) is 0 Å². The molecule has 6 nitrogen and oxygen atoms in total. The molecule has 0 fully saturated rings. The molecule has 0 aromatic rings. The number of carbonyl (C=O) groups excluding carboxylic acids is 1. The molecule has 0 saturated heterocycles. The molecule has 13 heavy (non-hydrogen) atoms. The van der Waals surface area contributed by atoms with Crippen LogP contribution in [-0.2, 0) is 4.79 Å². The van der Waals surface area contributed by atoms with E-state index in [9.17, 15) is 4.79 Å². The Morgan fingerprint density at radius 2 is 2.23 bits per heavy atom. The van der Waals surface area contributed by atoms with Gasteiger partial charge >= 0.3 is 0 Å². The van der Waals surface area contributed by atoms with Crippen LogP contribution < -0.4 is 21.9 Å². The summed E-state index contributed by atoms with van der Waals surface area (Å²) in [6, 6.07) is -0.352. The van der Waals surface area contributed by atoms with Crippen molar-refractivity contribution < 1.29 is 4.79 Å². The topological polar surface area (TPSA) is 91.5 Å². The quantitative estimate of drug-likeness (QED) is 0.188. The number of hydrogen-bond donors (Lipinski definition) is 4. The van der Waals surface area contributed by atoms with Gasteiger partial charge in [-0.2, -0.15) is 0 Å². The number of aliphatic imine (C=N–C) groups is 1. The third kappa shape index (κ3) is 4.32. The van der Waals surface area contributed by atoms with Crippen molar-refractivity contribution in [2.45, 2.75) is 19.9 Å². The van der Waals surface area contributed by atoms with E-state index in [1.807, 2.05) is 6.92 Å². The van der Waals surface area contributed by atoms with Crippen LogP contribution in [0.5, 0.6) is 0 Å². The molecule has 0 heterocycles. The van der Waals surface area contributed by atoms with Crippen LogP contribution in [-0.4, -0.2) is 31.5 Å². The third-order valence-corrected chi connectivity index (χ3v) is 1.46. The zero-order chi connectivity index (χ0) is 10.3. The number of carbonyl (C=O) groups is 1. The molecule has 1 amide bonds. The van der Waals surface area contributed by atoms with E-state index in [-0.39, 0.29) is 11.9 Å². The predicted octanol–water partition coefficient (Wildman–Crippen LogP) is -1.45. The van der Waals surface area contributed by atoms with Crippen molar-refractivity contribution >= 4 is 11.9 Å². The summed E-state index contributed by atoms with van der Waals surface area (Å²) < 4.78 is 0. The maximum Gasteiger partial charge on any atom is 0.242 e. The van der Waals surface area contributed by atoms with Gasteiger partial charge in [0.2, 0.25) is 11.9 Å². The third-order valence-electron chi connectivity index (χ3n) is 1.46. The highest BCUT2D eigenvalue weighted by molar-refractivity contribution is 5.88. The van der Waals surface area contributed by atoms with Gasteiger partial charge in [-0.3, -0.25) is 15.2 Å². The van der Waals surface area contributed by atoms with Crippen LogP contribution in [0.15, 0.2) is 4.99 Å². The Kier molecular flexibility index (Phi) is 5.62. The zero-order valence-corrected chi connectivity index (χ0v) is 8.22. The summed E-state index contributed by atoms with van der Waals surface area (Å²) in [4.78, 5) is 15.0. The molecule has 0 radical (unpaired) electrons. The fourth-order valence-corrected chi connectivity index (χ4v) is 0.769. The number of hydrazine groups is 1. The van der Waals surface area contributed by atoms with E-state index in [2.05, 4.69) is 21.1 Å². The molecule has 0 aliphatic heterocycles. The number of amides is 1. The molecule has 1 unspecified atom stereocenters. The summed E-state index contributed by atoms with van der Waals surface area (Å²) in [5, 5.41) is 5.48. The van der Waals surface area contributed by atoms with Crippen molar-refractivity contribution in [2.75, 3.05) is 13.6 Å². The first kappa shape index (κ1) is 11.7. The fraction of sp³-hybridized carbons (Fsp3) is 0.714. The van der Waals surface area contributed by atoms with Crippen molar-refractivity contribution in [2.24, 2.45) is 10.8 Å². The number of likely N-dealkylation sites (N-methyl/N-ethyl adjacent to an activating group) is 1. The Balaban J connectivity index is 3.98. The van der Waals surface area contributed by atoms with Crippen molar-refractivity contribution in [3.8, 4) is 0 Å². The summed E-state index contributed by atoms with van der Waals surface area (Å²) in [6.45, 7) is 4.20. The number of hydrogen-bond acceptors (Lipinski definition) is 3. The molecule has 1 atom stereocenters. The van der Waals surface area contributed by atoms with Gasteiger partial charge in [0.15, 0.2) is 0 Å². The number of nitrogens with one attached hydrogen (secondary N) is 3. The molecule has 0 aliphatic carbocycles. The van der Waals surface area contributed by atoms with Crippen molar-refractivity contribution in [1.82, 2.24) is 16.1 Å². The smallest absolute Gasteiger partial charge is 0.242 e. The van der Waals surface area contributed by atoms with E-state index in [0.29, 0.717) is 12.5 Å². The second-order valence-corrected chi connectivity index (χ2v) is 2.48. The van der Waals surface area contributed by atoms with Gasteiger partial charge in [0, 0.05) is 13.6 Å². The Labute approximate surface area is 77.9 Å². The monoisotopic (exact) mass is 187 g/mol. The van der Waals surface area contributed by atoms with Crippen LogP contribution >= 0.6 is 0 Å². The van der Waals surface area contributed by atoms with E-state index >= 15 is 0 Å². The lowest BCUT2D eigenvalue weighted by Gasteiger charge is -2.14. The number of rotatable bonds is 3. The largest absolute Gasteiger partial charge is 0.355 e. The molecule has 6 heteroatoms. The first-order valence-electron chi connectivity index (χ1n) is 4.13. The highest BCUT2D eigenvalue weighted by Crippen LogP contribution is 1.80. The number of guanidine groups is 1. The van der Waals surface area contributed by atoms with Crippen molar-refractivity contribution in [3.05, 3.63) is 0 Å². The van der Waals surface area contributed by atoms with Gasteiger partial charge in [-0.05, 0) is 13.8 Å². The minimum Gasteiger partial charge on any atom is -0.355 e. The van der Waals surface area contributed by atoms with Crippen molar-refractivity contribution in [1.29, 1.82) is 0 Å². The highest BCUT2D eigenvalue weighted by Gasteiger charge is 2.11. The summed E-state index contributed by atoms with van der Waals surface area (Å²) in [7, 11) is 1.58. The molecule has 0 aliphatic rings. The van der Waals surface area contributed by atoms with E-state index in [1.54, 1.807) is 14.0 Å². The molecular formula is C7H17N5O. The summed E-state index contributed by atoms with van der Waals surface area (Å²) in [6.07, 6.45) is 0. The minimum atomic E-state index is -0.352. The molecule has 0 saturated carbocycles. The summed E-state index contributed by atoms with van der Waals surface area (Å²) in [5.41, 5.74) is 2.34. The summed E-state index contributed by atoms with van der Waals surface area (Å²) in [5.74, 6) is 5.43. The van der Waals surface area contributed by atoms with Crippen LogP contribution in [0.25, 0.3) is 0 Å². The van der Waals surface area contributed by atoms with Gasteiger partial charge in [0.25, 0.3) is 0 Å². The number of nitrogens with zero attached hydrogens (tertiary/aromatic N) is 1. The lowest BCUT2D eigenvalue weighted by atomic mass is 10.3. The molecule has 0 rings (SSSR count). The van der Waals surface area contributed by atoms with Gasteiger partial charge in [-0.25, -0.2) is 5.84 Å². The molecule has 0 aromatic heterocycles. The Hall–Kier alpha value is -1.30. The zero-order valence-electron chi connectivity index (χ0n) is 8.22. The normalized spacial score (nSPS) is 13.4. The summed E-state index contributed by atoms with van der Waals surface area (Å²) >= 11 is 0. The average Bonchev–Trinajstić information content (AvgIpc) is 2.14. The van der Waals surface area contributed by atoms with E-state index in [1.165, 1.54) is 0 Å². The lowest BCUT2D eigenvalue weighted by molar-refractivity contribution is -0.122. The maximum atomic E-state index is 11.2. The van der Waals surface area contributed by atoms with Crippen LogP contribution in [0.1, 0.15) is 13.8 Å². The van der Waals surface area contributed by atoms with Crippen molar-refractivity contribution in [3.63, 3.8) is 0 Å². The van der Waals surface area contributed by atoms with Crippen LogP contribution in [0.3, 0.4) is 0 Å². The maximum absolute atomic E-state index is 11.2. The minimum absolute atomic E-state index is 0.0844. The molecule has 76 valence electrons. The Bertz CT molecular complexity index is 191. The second-order valence-electron chi connectivity index (χ2n) is 2.48. The molecule has 0 aromatic carbocycles. The van der Waals surface area contributed by atoms with E-state index < -0.39 is 0 Å². The van der Waals surface area contributed by atoms with Crippen LogP contribution in [0.2, 0.25) is 0 Å². The lowest BCUT2D eigenvalue weighted by Crippen LogP contribution is -2.50. The standard InChI is InChI=1S/C7H17N5O/c1-4-10-6(13)5(2)11-7(9-3)12-8/h5H,4,8H2,1-3H3,(H,10,13)(H2,9,11,12). The van der Waals surface area contributed by atoms with Crippen LogP contribution in [0, 0.1) is 0 Å². The Morgan fingerprint density at radius 1 is 1.62 bits per heavy atom. The molecule has 0 spiro atoms. The second kappa shape index (κ2) is 6.24. The molecule has 0 bridgehead atoms. The first-order chi connectivity index (χ1) is 6.15. The number of nitrogens with two attached hydrogens (primary N) is 1. The van der Waals surface area contributed by atoms with Gasteiger partial charge < -0.3 is 10.6 Å². The van der Waals surface area contributed by atoms with E-state index in [0.717, 1.165) is 0 Å². The Morgan fingerprint density at radius 3 is 2.62 bits per heavy atom. The molecule has 5 N–H and O–H groups in total. The van der Waals surface area contributed by atoms with Gasteiger partial charge in [-0.15, -0.1) is 0 Å². The van der Waals surface area contributed by atoms with E-state index in [4.69, 9.17) is 5.84 Å². The average molecular weight is 187 g/mol. The molecular weight excluding hydrogens is 170 g/mol. The predicted molar refractivity (Wildman–Crippen MR) is 52.0 cm³/mol. The SMILES string of the molecule is CCNC(=O)C(C)NC(=NC)NN. The van der Waals surface area contributed by atoms with Gasteiger partial charge in [0.1, 0.15) is 6.04 Å².